The highest BCUT2D eigenvalue weighted by Crippen LogP contribution is 2.21. The number of hydrogen-bond donors (Lipinski definition) is 2. The molecule has 138 valence electrons. The number of carbonyl (C=O) groups excluding carboxylic acids is 1. The van der Waals surface area contributed by atoms with Crippen LogP contribution in [0.2, 0.25) is 0 Å². The molecule has 0 saturated heterocycles. The van der Waals surface area contributed by atoms with Crippen LogP contribution in [0.25, 0.3) is 11.3 Å². The molecule has 0 unspecified atom stereocenters. The van der Waals surface area contributed by atoms with Gasteiger partial charge in [0.25, 0.3) is 5.91 Å². The molecule has 0 fully saturated rings. The summed E-state index contributed by atoms with van der Waals surface area (Å²) in [6.07, 6.45) is 0. The maximum absolute atomic E-state index is 12.3. The summed E-state index contributed by atoms with van der Waals surface area (Å²) in [7, 11) is 0. The minimum atomic E-state index is -1.17. The van der Waals surface area contributed by atoms with Gasteiger partial charge >= 0.3 is 5.97 Å². The van der Waals surface area contributed by atoms with Gasteiger partial charge in [-0.3, -0.25) is 4.79 Å². The molecule has 0 spiro atoms. The zero-order valence-electron chi connectivity index (χ0n) is 14.5. The van der Waals surface area contributed by atoms with Crippen LogP contribution in [0.1, 0.15) is 16.1 Å². The van der Waals surface area contributed by atoms with Crippen molar-refractivity contribution in [3.05, 3.63) is 84.1 Å². The number of rotatable bonds is 8. The lowest BCUT2D eigenvalue weighted by Gasteiger charge is -2.14. The first kappa shape index (κ1) is 18.4. The predicted octanol–water partition coefficient (Wildman–Crippen LogP) is 3.35. The van der Waals surface area contributed by atoms with Crippen LogP contribution in [0, 0.1) is 0 Å². The molecule has 0 bridgehead atoms. The van der Waals surface area contributed by atoms with Crippen molar-refractivity contribution >= 4 is 11.9 Å². The van der Waals surface area contributed by atoms with E-state index in [1.807, 2.05) is 60.7 Å². The molecule has 1 amide bonds. The molecule has 1 aromatic heterocycles. The van der Waals surface area contributed by atoms with Gasteiger partial charge in [0.1, 0.15) is 5.76 Å². The Bertz CT molecular complexity index is 889. The summed E-state index contributed by atoms with van der Waals surface area (Å²) < 4.78 is 11.0. The van der Waals surface area contributed by atoms with Crippen molar-refractivity contribution < 1.29 is 23.8 Å². The molecule has 6 nitrogen and oxygen atoms in total. The zero-order valence-corrected chi connectivity index (χ0v) is 14.5. The fourth-order valence-corrected chi connectivity index (χ4v) is 2.49. The molecule has 0 aliphatic rings. The molecule has 0 aliphatic heterocycles. The smallest absolute Gasteiger partial charge is 0.328 e. The molecular weight excluding hydrogens is 346 g/mol. The largest absolute Gasteiger partial charge is 0.480 e. The van der Waals surface area contributed by atoms with Crippen LogP contribution in [-0.2, 0) is 16.1 Å². The second-order valence-corrected chi connectivity index (χ2v) is 5.89. The molecular formula is C21H19NO5. The Morgan fingerprint density at radius 2 is 1.63 bits per heavy atom. The SMILES string of the molecule is O=C(N[C@@H](COCc1ccccc1)C(=O)O)c1ccc(-c2ccccc2)o1. The molecule has 1 heterocycles. The average molecular weight is 365 g/mol. The molecule has 0 radical (unpaired) electrons. The number of furan rings is 1. The second kappa shape index (κ2) is 8.82. The van der Waals surface area contributed by atoms with E-state index in [0.717, 1.165) is 11.1 Å². The van der Waals surface area contributed by atoms with Crippen LogP contribution < -0.4 is 5.32 Å². The van der Waals surface area contributed by atoms with Crippen molar-refractivity contribution in [2.45, 2.75) is 12.6 Å². The summed E-state index contributed by atoms with van der Waals surface area (Å²) >= 11 is 0. The van der Waals surface area contributed by atoms with Crippen molar-refractivity contribution in [3.8, 4) is 11.3 Å². The van der Waals surface area contributed by atoms with E-state index in [1.165, 1.54) is 6.07 Å². The highest BCUT2D eigenvalue weighted by Gasteiger charge is 2.23. The number of benzene rings is 2. The highest BCUT2D eigenvalue weighted by molar-refractivity contribution is 5.94. The Morgan fingerprint density at radius 1 is 0.963 bits per heavy atom. The zero-order chi connectivity index (χ0) is 19.1. The van der Waals surface area contributed by atoms with E-state index in [9.17, 15) is 14.7 Å². The van der Waals surface area contributed by atoms with Crippen molar-refractivity contribution in [1.29, 1.82) is 0 Å². The first-order valence-corrected chi connectivity index (χ1v) is 8.44. The molecule has 1 atom stereocenters. The normalized spacial score (nSPS) is 11.7. The lowest BCUT2D eigenvalue weighted by atomic mass is 10.2. The predicted molar refractivity (Wildman–Crippen MR) is 99.1 cm³/mol. The van der Waals surface area contributed by atoms with Gasteiger partial charge in [-0.2, -0.15) is 0 Å². The number of amides is 1. The van der Waals surface area contributed by atoms with Crippen molar-refractivity contribution in [2.75, 3.05) is 6.61 Å². The Kier molecular flexibility index (Phi) is 6.02. The number of ether oxygens (including phenoxy) is 1. The first-order valence-electron chi connectivity index (χ1n) is 8.44. The third-order valence-corrected chi connectivity index (χ3v) is 3.89. The number of nitrogens with one attached hydrogen (secondary N) is 1. The van der Waals surface area contributed by atoms with Crippen LogP contribution in [0.3, 0.4) is 0 Å². The van der Waals surface area contributed by atoms with Gasteiger partial charge in [0.2, 0.25) is 0 Å². The topological polar surface area (TPSA) is 88.8 Å². The van der Waals surface area contributed by atoms with Gasteiger partial charge in [-0.15, -0.1) is 0 Å². The third-order valence-electron chi connectivity index (χ3n) is 3.89. The summed E-state index contributed by atoms with van der Waals surface area (Å²) in [6.45, 7) is 0.113. The van der Waals surface area contributed by atoms with E-state index in [-0.39, 0.29) is 19.0 Å². The van der Waals surface area contributed by atoms with E-state index < -0.39 is 17.9 Å². The standard InChI is InChI=1S/C21H19NO5/c23-20(19-12-11-18(27-19)16-9-5-2-6-10-16)22-17(21(24)25)14-26-13-15-7-3-1-4-8-15/h1-12,17H,13-14H2,(H,22,23)(H,24,25)/t17-/m0/s1. The minimum Gasteiger partial charge on any atom is -0.480 e. The Morgan fingerprint density at radius 3 is 2.30 bits per heavy atom. The molecule has 3 aromatic rings. The molecule has 0 aliphatic carbocycles. The van der Waals surface area contributed by atoms with Gasteiger partial charge in [-0.1, -0.05) is 60.7 Å². The molecule has 0 saturated carbocycles. The maximum Gasteiger partial charge on any atom is 0.328 e. The van der Waals surface area contributed by atoms with Crippen LogP contribution in [0.4, 0.5) is 0 Å². The molecule has 2 N–H and O–H groups in total. The van der Waals surface area contributed by atoms with E-state index in [1.54, 1.807) is 6.07 Å². The van der Waals surface area contributed by atoms with Gasteiger partial charge < -0.3 is 19.6 Å². The number of aliphatic carboxylic acids is 1. The van der Waals surface area contributed by atoms with Crippen molar-refractivity contribution in [2.24, 2.45) is 0 Å². The first-order chi connectivity index (χ1) is 13.1. The van der Waals surface area contributed by atoms with Crippen LogP contribution in [0.15, 0.2) is 77.2 Å². The summed E-state index contributed by atoms with van der Waals surface area (Å²) in [4.78, 5) is 23.7. The van der Waals surface area contributed by atoms with E-state index in [0.29, 0.717) is 5.76 Å². The van der Waals surface area contributed by atoms with Gasteiger partial charge in [0.15, 0.2) is 11.8 Å². The fourth-order valence-electron chi connectivity index (χ4n) is 2.49. The Hall–Kier alpha value is -3.38. The van der Waals surface area contributed by atoms with E-state index in [2.05, 4.69) is 5.32 Å². The number of carboxylic acids is 1. The molecule has 6 heteroatoms. The second-order valence-electron chi connectivity index (χ2n) is 5.89. The lowest BCUT2D eigenvalue weighted by molar-refractivity contribution is -0.141. The summed E-state index contributed by atoms with van der Waals surface area (Å²) in [6, 6.07) is 20.7. The van der Waals surface area contributed by atoms with Crippen molar-refractivity contribution in [1.82, 2.24) is 5.32 Å². The minimum absolute atomic E-state index is 0.0446. The third kappa shape index (κ3) is 5.05. The van der Waals surface area contributed by atoms with Crippen LogP contribution >= 0.6 is 0 Å². The summed E-state index contributed by atoms with van der Waals surface area (Å²) in [5.74, 6) is -1.20. The average Bonchev–Trinajstić information content (AvgIpc) is 3.19. The van der Waals surface area contributed by atoms with Crippen LogP contribution in [0.5, 0.6) is 0 Å². The summed E-state index contributed by atoms with van der Waals surface area (Å²) in [5, 5.41) is 11.8. The van der Waals surface area contributed by atoms with E-state index in [4.69, 9.17) is 9.15 Å². The Labute approximate surface area is 156 Å². The van der Waals surface area contributed by atoms with Crippen LogP contribution in [-0.4, -0.2) is 29.6 Å². The fraction of sp³-hybridized carbons (Fsp3) is 0.143. The highest BCUT2D eigenvalue weighted by atomic mass is 16.5. The quantitative estimate of drug-likeness (QED) is 0.639. The Balaban J connectivity index is 1.58. The number of carboxylic acid groups (broad SMARTS) is 1. The molecule has 3 rings (SSSR count). The van der Waals surface area contributed by atoms with Gasteiger partial charge in [0.05, 0.1) is 13.2 Å². The number of carbonyl (C=O) groups is 2. The van der Waals surface area contributed by atoms with E-state index >= 15 is 0 Å². The van der Waals surface area contributed by atoms with Gasteiger partial charge in [-0.05, 0) is 17.7 Å². The number of hydrogen-bond acceptors (Lipinski definition) is 4. The maximum atomic E-state index is 12.3. The van der Waals surface area contributed by atoms with Crippen molar-refractivity contribution in [3.63, 3.8) is 0 Å². The lowest BCUT2D eigenvalue weighted by Crippen LogP contribution is -2.43. The monoisotopic (exact) mass is 365 g/mol. The van der Waals surface area contributed by atoms with Gasteiger partial charge in [-0.25, -0.2) is 4.79 Å². The molecule has 27 heavy (non-hydrogen) atoms. The summed E-state index contributed by atoms with van der Waals surface area (Å²) in [5.41, 5.74) is 1.75. The molecule has 2 aromatic carbocycles. The van der Waals surface area contributed by atoms with Gasteiger partial charge in [0, 0.05) is 5.56 Å².